The van der Waals surface area contributed by atoms with E-state index >= 15 is 0 Å². The predicted molar refractivity (Wildman–Crippen MR) is 93.9 cm³/mol. The number of nitro groups is 1. The van der Waals surface area contributed by atoms with Gasteiger partial charge in [0.2, 0.25) is 0 Å². The van der Waals surface area contributed by atoms with Gasteiger partial charge in [-0.15, -0.1) is 0 Å². The van der Waals surface area contributed by atoms with Gasteiger partial charge in [-0.05, 0) is 36.7 Å². The molecule has 0 aromatic heterocycles. The zero-order valence-electron chi connectivity index (χ0n) is 13.8. The number of sulfonamides is 1. The summed E-state index contributed by atoms with van der Waals surface area (Å²) in [7, 11) is -4.27. The van der Waals surface area contributed by atoms with Gasteiger partial charge in [-0.2, -0.15) is 0 Å². The van der Waals surface area contributed by atoms with E-state index in [2.05, 4.69) is 0 Å². The fraction of sp³-hybridized carbons (Fsp3) is 0.125. The van der Waals surface area contributed by atoms with E-state index in [9.17, 15) is 28.1 Å². The molecule has 2 rings (SSSR count). The highest BCUT2D eigenvalue weighted by Gasteiger charge is 2.24. The Morgan fingerprint density at radius 1 is 1.11 bits per heavy atom. The second-order valence-corrected chi connectivity index (χ2v) is 7.09. The van der Waals surface area contributed by atoms with E-state index in [1.807, 2.05) is 0 Å². The van der Waals surface area contributed by atoms with E-state index in [1.165, 1.54) is 12.1 Å². The van der Waals surface area contributed by atoms with Gasteiger partial charge < -0.3 is 10.8 Å². The minimum absolute atomic E-state index is 0.199. The van der Waals surface area contributed by atoms with Crippen LogP contribution >= 0.6 is 0 Å². The third-order valence-corrected chi connectivity index (χ3v) is 4.93. The van der Waals surface area contributed by atoms with Crippen LogP contribution in [0.25, 0.3) is 0 Å². The molecule has 2 aromatic carbocycles. The topological polar surface area (TPSA) is 170 Å². The van der Waals surface area contributed by atoms with Crippen molar-refractivity contribution < 1.29 is 28.0 Å². The monoisotopic (exact) mass is 393 g/mol. The first-order chi connectivity index (χ1) is 12.7. The van der Waals surface area contributed by atoms with Gasteiger partial charge in [0, 0.05) is 12.1 Å². The lowest BCUT2D eigenvalue weighted by atomic mass is 10.1. The van der Waals surface area contributed by atoms with E-state index in [1.54, 1.807) is 16.9 Å². The first-order valence-corrected chi connectivity index (χ1v) is 9.02. The molecular formula is C16H15N3O7S. The molecule has 2 aromatic rings. The molecule has 0 atom stereocenters. The molecule has 0 saturated carbocycles. The average Bonchev–Trinajstić information content (AvgIpc) is 2.61. The lowest BCUT2D eigenvalue weighted by Gasteiger charge is -2.09. The van der Waals surface area contributed by atoms with Crippen molar-refractivity contribution in [2.24, 2.45) is 5.73 Å². The highest BCUT2D eigenvalue weighted by Crippen LogP contribution is 2.19. The van der Waals surface area contributed by atoms with Crippen LogP contribution in [0.4, 0.5) is 5.69 Å². The van der Waals surface area contributed by atoms with Gasteiger partial charge in [-0.25, -0.2) is 17.9 Å². The van der Waals surface area contributed by atoms with Crippen LogP contribution in [0.1, 0.15) is 26.3 Å². The highest BCUT2D eigenvalue weighted by atomic mass is 32.2. The number of carboxylic acid groups (broad SMARTS) is 1. The van der Waals surface area contributed by atoms with Crippen molar-refractivity contribution in [3.05, 3.63) is 69.3 Å². The lowest BCUT2D eigenvalue weighted by molar-refractivity contribution is -0.384. The number of nitrogens with two attached hydrogens (primary N) is 1. The van der Waals surface area contributed by atoms with Crippen LogP contribution in [0.3, 0.4) is 0 Å². The van der Waals surface area contributed by atoms with Crippen molar-refractivity contribution >= 4 is 27.6 Å². The van der Waals surface area contributed by atoms with Crippen molar-refractivity contribution in [3.8, 4) is 0 Å². The van der Waals surface area contributed by atoms with Crippen LogP contribution < -0.4 is 10.5 Å². The third-order valence-electron chi connectivity index (χ3n) is 3.58. The Balaban J connectivity index is 2.32. The van der Waals surface area contributed by atoms with Crippen molar-refractivity contribution in [2.75, 3.05) is 6.54 Å². The normalized spacial score (nSPS) is 11.0. The molecule has 0 radical (unpaired) electrons. The second kappa shape index (κ2) is 7.93. The van der Waals surface area contributed by atoms with E-state index in [0.29, 0.717) is 19.0 Å². The van der Waals surface area contributed by atoms with Crippen LogP contribution in [0.2, 0.25) is 0 Å². The molecule has 0 heterocycles. The molecule has 1 amide bonds. The van der Waals surface area contributed by atoms with Gasteiger partial charge in [0.05, 0.1) is 20.9 Å². The second-order valence-electron chi connectivity index (χ2n) is 5.41. The Morgan fingerprint density at radius 2 is 1.74 bits per heavy atom. The van der Waals surface area contributed by atoms with Gasteiger partial charge in [-0.1, -0.05) is 12.1 Å². The summed E-state index contributed by atoms with van der Waals surface area (Å²) in [6, 6.07) is 8.14. The first-order valence-electron chi connectivity index (χ1n) is 7.53. The summed E-state index contributed by atoms with van der Waals surface area (Å²) in [4.78, 5) is 33.3. The first kappa shape index (κ1) is 20.0. The molecule has 0 spiro atoms. The third kappa shape index (κ3) is 4.65. The number of rotatable bonds is 7. The molecule has 0 aliphatic carbocycles. The molecule has 0 unspecified atom stereocenters. The van der Waals surface area contributed by atoms with Crippen LogP contribution in [-0.4, -0.2) is 36.9 Å². The lowest BCUT2D eigenvalue weighted by Crippen LogP contribution is -2.31. The van der Waals surface area contributed by atoms with Crippen LogP contribution in [-0.2, 0) is 16.4 Å². The number of aromatic carboxylic acids is 1. The zero-order chi connectivity index (χ0) is 20.2. The maximum absolute atomic E-state index is 12.3. The zero-order valence-corrected chi connectivity index (χ0v) is 14.6. The average molecular weight is 393 g/mol. The number of hydrogen-bond acceptors (Lipinski definition) is 7. The van der Waals surface area contributed by atoms with Gasteiger partial charge in [0.25, 0.3) is 21.6 Å². The van der Waals surface area contributed by atoms with Gasteiger partial charge in [0.1, 0.15) is 0 Å². The molecule has 0 bridgehead atoms. The molecule has 142 valence electrons. The van der Waals surface area contributed by atoms with E-state index in [4.69, 9.17) is 10.8 Å². The molecule has 10 nitrogen and oxygen atoms in total. The predicted octanol–water partition coefficient (Wildman–Crippen LogP) is 0.913. The number of amides is 1. The van der Waals surface area contributed by atoms with Gasteiger partial charge in [-0.3, -0.25) is 14.9 Å². The van der Waals surface area contributed by atoms with E-state index in [-0.39, 0.29) is 4.90 Å². The number of nitro benzene ring substituents is 1. The van der Waals surface area contributed by atoms with Crippen molar-refractivity contribution in [3.63, 3.8) is 0 Å². The maximum atomic E-state index is 12.3. The summed E-state index contributed by atoms with van der Waals surface area (Å²) < 4.78 is 26.4. The molecule has 0 aliphatic heterocycles. The quantitative estimate of drug-likeness (QED) is 0.460. The SMILES string of the molecule is NCCc1ccc(S(=O)(=O)NC(=O)c2ccc([N+](=O)[O-])cc2C(=O)O)cc1. The van der Waals surface area contributed by atoms with Crippen molar-refractivity contribution in [2.45, 2.75) is 11.3 Å². The summed E-state index contributed by atoms with van der Waals surface area (Å²) in [5.41, 5.74) is 4.49. The van der Waals surface area contributed by atoms with Crippen LogP contribution in [0.15, 0.2) is 47.4 Å². The summed E-state index contributed by atoms with van der Waals surface area (Å²) in [5.74, 6) is -2.82. The van der Waals surface area contributed by atoms with E-state index in [0.717, 1.165) is 17.7 Å². The Morgan fingerprint density at radius 3 is 2.26 bits per heavy atom. The Hall–Kier alpha value is -3.31. The van der Waals surface area contributed by atoms with Crippen LogP contribution in [0, 0.1) is 10.1 Å². The Bertz CT molecular complexity index is 1000. The van der Waals surface area contributed by atoms with Gasteiger partial charge in [0.15, 0.2) is 0 Å². The van der Waals surface area contributed by atoms with E-state index < -0.39 is 43.6 Å². The number of carboxylic acids is 1. The fourth-order valence-electron chi connectivity index (χ4n) is 2.26. The number of carbonyl (C=O) groups excluding carboxylic acids is 1. The Kier molecular flexibility index (Phi) is 5.88. The smallest absolute Gasteiger partial charge is 0.336 e. The number of benzene rings is 2. The minimum atomic E-state index is -4.27. The van der Waals surface area contributed by atoms with Crippen molar-refractivity contribution in [1.82, 2.24) is 4.72 Å². The number of nitrogens with zero attached hydrogens (tertiary/aromatic N) is 1. The van der Waals surface area contributed by atoms with Gasteiger partial charge >= 0.3 is 5.97 Å². The van der Waals surface area contributed by atoms with Crippen molar-refractivity contribution in [1.29, 1.82) is 0 Å². The summed E-state index contributed by atoms with van der Waals surface area (Å²) in [5, 5.41) is 19.9. The number of nitrogens with one attached hydrogen (secondary N) is 1. The summed E-state index contributed by atoms with van der Waals surface area (Å²) in [6.07, 6.45) is 0.553. The fourth-order valence-corrected chi connectivity index (χ4v) is 3.22. The number of carbonyl (C=O) groups is 2. The highest BCUT2D eigenvalue weighted by molar-refractivity contribution is 7.90. The number of hydrogen-bond donors (Lipinski definition) is 3. The number of non-ortho nitro benzene ring substituents is 1. The molecule has 4 N–H and O–H groups in total. The van der Waals surface area contributed by atoms with Crippen LogP contribution in [0.5, 0.6) is 0 Å². The molecule has 0 saturated heterocycles. The standard InChI is InChI=1S/C16H15N3O7S/c17-8-7-10-1-4-12(5-2-10)27(25,26)18-15(20)13-6-3-11(19(23)24)9-14(13)16(21)22/h1-6,9H,7-8,17H2,(H,18,20)(H,21,22). The summed E-state index contributed by atoms with van der Waals surface area (Å²) in [6.45, 7) is 0.390. The molecular weight excluding hydrogens is 378 g/mol. The molecule has 0 aliphatic rings. The summed E-state index contributed by atoms with van der Waals surface area (Å²) >= 11 is 0. The maximum Gasteiger partial charge on any atom is 0.336 e. The molecule has 27 heavy (non-hydrogen) atoms. The molecule has 11 heteroatoms. The molecule has 0 fully saturated rings. The Labute approximate surface area is 153 Å². The minimum Gasteiger partial charge on any atom is -0.478 e. The largest absolute Gasteiger partial charge is 0.478 e.